The van der Waals surface area contributed by atoms with Gasteiger partial charge in [0, 0.05) is 6.54 Å². The molecule has 0 heterocycles. The summed E-state index contributed by atoms with van der Waals surface area (Å²) < 4.78 is 5.49. The van der Waals surface area contributed by atoms with Crippen LogP contribution in [-0.4, -0.2) is 31.0 Å². The van der Waals surface area contributed by atoms with Crippen LogP contribution in [0.15, 0.2) is 18.2 Å². The first-order valence-electron chi connectivity index (χ1n) is 7.42. The largest absolute Gasteiger partial charge is 0.484 e. The lowest BCUT2D eigenvalue weighted by atomic mass is 10.1. The van der Waals surface area contributed by atoms with Crippen LogP contribution in [0.25, 0.3) is 0 Å². The number of hydrogen-bond acceptors (Lipinski definition) is 3. The third kappa shape index (κ3) is 4.21. The Hall–Kier alpha value is -2.04. The van der Waals surface area contributed by atoms with Crippen molar-refractivity contribution in [2.45, 2.75) is 39.2 Å². The average molecular weight is 290 g/mol. The molecule has 1 aliphatic carbocycles. The lowest BCUT2D eigenvalue weighted by Gasteiger charge is -2.14. The molecule has 1 aliphatic rings. The van der Waals surface area contributed by atoms with Crippen molar-refractivity contribution in [2.24, 2.45) is 0 Å². The Labute approximate surface area is 125 Å². The summed E-state index contributed by atoms with van der Waals surface area (Å²) in [5.74, 6) is 0.217. The highest BCUT2D eigenvalue weighted by atomic mass is 16.5. The van der Waals surface area contributed by atoms with Gasteiger partial charge in [0.05, 0.1) is 0 Å². The average Bonchev–Trinajstić information content (AvgIpc) is 2.92. The molecular formula is C16H22N2O3. The molecule has 0 radical (unpaired) electrons. The van der Waals surface area contributed by atoms with Crippen LogP contribution in [0.3, 0.4) is 0 Å². The quantitative estimate of drug-likeness (QED) is 0.827. The summed E-state index contributed by atoms with van der Waals surface area (Å²) in [6.45, 7) is 3.95. The van der Waals surface area contributed by atoms with Crippen molar-refractivity contribution in [2.75, 3.05) is 13.2 Å². The van der Waals surface area contributed by atoms with Crippen molar-refractivity contribution in [3.8, 4) is 5.75 Å². The maximum atomic E-state index is 11.8. The van der Waals surface area contributed by atoms with Crippen molar-refractivity contribution < 1.29 is 14.3 Å². The molecule has 0 fully saturated rings. The van der Waals surface area contributed by atoms with Crippen LogP contribution in [0, 0.1) is 0 Å². The monoisotopic (exact) mass is 290 g/mol. The fraction of sp³-hybridized carbons (Fsp3) is 0.500. The molecular weight excluding hydrogens is 268 g/mol. The zero-order chi connectivity index (χ0) is 15.2. The minimum Gasteiger partial charge on any atom is -0.484 e. The van der Waals surface area contributed by atoms with E-state index < -0.39 is 6.04 Å². The number of amides is 2. The van der Waals surface area contributed by atoms with E-state index in [1.54, 1.807) is 6.92 Å². The van der Waals surface area contributed by atoms with Gasteiger partial charge in [0.1, 0.15) is 11.8 Å². The summed E-state index contributed by atoms with van der Waals surface area (Å²) >= 11 is 0. The normalized spacial score (nSPS) is 14.2. The van der Waals surface area contributed by atoms with Crippen LogP contribution in [0.4, 0.5) is 0 Å². The van der Waals surface area contributed by atoms with Crippen LogP contribution < -0.4 is 15.4 Å². The molecule has 21 heavy (non-hydrogen) atoms. The van der Waals surface area contributed by atoms with Gasteiger partial charge in [-0.1, -0.05) is 6.07 Å². The van der Waals surface area contributed by atoms with E-state index in [-0.39, 0.29) is 18.4 Å². The number of nitrogens with one attached hydrogen (secondary N) is 2. The van der Waals surface area contributed by atoms with Gasteiger partial charge in [-0.15, -0.1) is 0 Å². The zero-order valence-corrected chi connectivity index (χ0v) is 12.6. The zero-order valence-electron chi connectivity index (χ0n) is 12.6. The van der Waals surface area contributed by atoms with E-state index in [4.69, 9.17) is 4.74 Å². The number of aryl methyl sites for hydroxylation is 2. The molecule has 0 spiro atoms. The summed E-state index contributed by atoms with van der Waals surface area (Å²) in [7, 11) is 0. The van der Waals surface area contributed by atoms with Crippen LogP contribution in [0.5, 0.6) is 5.75 Å². The van der Waals surface area contributed by atoms with Gasteiger partial charge in [0.15, 0.2) is 6.61 Å². The van der Waals surface area contributed by atoms with Crippen molar-refractivity contribution in [1.29, 1.82) is 0 Å². The molecule has 0 saturated heterocycles. The smallest absolute Gasteiger partial charge is 0.258 e. The number of rotatable bonds is 6. The van der Waals surface area contributed by atoms with Crippen molar-refractivity contribution in [1.82, 2.24) is 10.6 Å². The van der Waals surface area contributed by atoms with Crippen molar-refractivity contribution >= 4 is 11.8 Å². The van der Waals surface area contributed by atoms with Crippen LogP contribution >= 0.6 is 0 Å². The predicted octanol–water partition coefficient (Wildman–Crippen LogP) is 1.19. The van der Waals surface area contributed by atoms with E-state index >= 15 is 0 Å². The highest BCUT2D eigenvalue weighted by molar-refractivity contribution is 5.87. The van der Waals surface area contributed by atoms with E-state index in [2.05, 4.69) is 16.7 Å². The first-order valence-corrected chi connectivity index (χ1v) is 7.42. The SMILES string of the molecule is CCNC(=O)[C@@H](C)NC(=O)COc1ccc2c(c1)CCC2. The summed E-state index contributed by atoms with van der Waals surface area (Å²) in [6, 6.07) is 5.40. The molecule has 0 bridgehead atoms. The standard InChI is InChI=1S/C16H22N2O3/c1-3-17-16(20)11(2)18-15(19)10-21-14-8-7-12-5-4-6-13(12)9-14/h7-9,11H,3-6,10H2,1-2H3,(H,17,20)(H,18,19)/t11-/m1/s1. The molecule has 1 aromatic carbocycles. The Kier molecular flexibility index (Phi) is 5.20. The second-order valence-electron chi connectivity index (χ2n) is 5.26. The molecule has 1 aromatic rings. The maximum Gasteiger partial charge on any atom is 0.258 e. The van der Waals surface area contributed by atoms with E-state index in [0.717, 1.165) is 12.8 Å². The third-order valence-electron chi connectivity index (χ3n) is 3.56. The topological polar surface area (TPSA) is 67.4 Å². The summed E-state index contributed by atoms with van der Waals surface area (Å²) in [5.41, 5.74) is 2.68. The number of ether oxygens (including phenoxy) is 1. The van der Waals surface area contributed by atoms with Gasteiger partial charge in [-0.25, -0.2) is 0 Å². The number of benzene rings is 1. The van der Waals surface area contributed by atoms with E-state index in [1.807, 2.05) is 19.1 Å². The molecule has 2 rings (SSSR count). The van der Waals surface area contributed by atoms with Gasteiger partial charge in [0.25, 0.3) is 5.91 Å². The van der Waals surface area contributed by atoms with Crippen molar-refractivity contribution in [3.05, 3.63) is 29.3 Å². The minimum atomic E-state index is -0.555. The fourth-order valence-electron chi connectivity index (χ4n) is 2.46. The van der Waals surface area contributed by atoms with Gasteiger partial charge in [0.2, 0.25) is 5.91 Å². The highest BCUT2D eigenvalue weighted by Crippen LogP contribution is 2.25. The first kappa shape index (κ1) is 15.4. The molecule has 0 saturated carbocycles. The fourth-order valence-corrected chi connectivity index (χ4v) is 2.46. The number of carbonyl (C=O) groups is 2. The number of hydrogen-bond donors (Lipinski definition) is 2. The van der Waals surface area contributed by atoms with Gasteiger partial charge in [-0.05, 0) is 56.4 Å². The van der Waals surface area contributed by atoms with Gasteiger partial charge >= 0.3 is 0 Å². The summed E-state index contributed by atoms with van der Waals surface area (Å²) in [5, 5.41) is 5.27. The second kappa shape index (κ2) is 7.11. The Bertz CT molecular complexity index is 528. The van der Waals surface area contributed by atoms with Crippen LogP contribution in [-0.2, 0) is 22.4 Å². The molecule has 5 heteroatoms. The third-order valence-corrected chi connectivity index (χ3v) is 3.56. The van der Waals surface area contributed by atoms with E-state index in [0.29, 0.717) is 12.3 Å². The molecule has 114 valence electrons. The Balaban J connectivity index is 1.80. The number of fused-ring (bicyclic) bond motifs is 1. The minimum absolute atomic E-state index is 0.0808. The summed E-state index contributed by atoms with van der Waals surface area (Å²) in [4.78, 5) is 23.3. The van der Waals surface area contributed by atoms with E-state index in [9.17, 15) is 9.59 Å². The Morgan fingerprint density at radius 1 is 1.29 bits per heavy atom. The van der Waals surface area contributed by atoms with Crippen molar-refractivity contribution in [3.63, 3.8) is 0 Å². The Morgan fingerprint density at radius 2 is 2.05 bits per heavy atom. The lowest BCUT2D eigenvalue weighted by Crippen LogP contribution is -2.46. The predicted molar refractivity (Wildman–Crippen MR) is 80.3 cm³/mol. The molecule has 5 nitrogen and oxygen atoms in total. The van der Waals surface area contributed by atoms with Gasteiger partial charge < -0.3 is 15.4 Å². The first-order chi connectivity index (χ1) is 10.1. The number of carbonyl (C=O) groups excluding carboxylic acids is 2. The van der Waals surface area contributed by atoms with Crippen LogP contribution in [0.2, 0.25) is 0 Å². The van der Waals surface area contributed by atoms with Crippen LogP contribution in [0.1, 0.15) is 31.4 Å². The highest BCUT2D eigenvalue weighted by Gasteiger charge is 2.15. The maximum absolute atomic E-state index is 11.8. The molecule has 0 aliphatic heterocycles. The molecule has 1 atom stereocenters. The van der Waals surface area contributed by atoms with Gasteiger partial charge in [-0.2, -0.15) is 0 Å². The Morgan fingerprint density at radius 3 is 2.81 bits per heavy atom. The molecule has 2 N–H and O–H groups in total. The number of likely N-dealkylation sites (N-methyl/N-ethyl adjacent to an activating group) is 1. The second-order valence-corrected chi connectivity index (χ2v) is 5.26. The molecule has 0 aromatic heterocycles. The molecule has 0 unspecified atom stereocenters. The summed E-state index contributed by atoms with van der Waals surface area (Å²) in [6.07, 6.45) is 3.39. The van der Waals surface area contributed by atoms with E-state index in [1.165, 1.54) is 17.5 Å². The van der Waals surface area contributed by atoms with Gasteiger partial charge in [-0.3, -0.25) is 9.59 Å². The molecule has 2 amide bonds. The lowest BCUT2D eigenvalue weighted by molar-refractivity contribution is -0.129.